The van der Waals surface area contributed by atoms with Crippen molar-refractivity contribution < 1.29 is 25.3 Å². The van der Waals surface area contributed by atoms with Crippen molar-refractivity contribution in [1.82, 2.24) is 10.2 Å². The van der Waals surface area contributed by atoms with E-state index in [4.69, 9.17) is 6.80 Å². The summed E-state index contributed by atoms with van der Waals surface area (Å²) in [4.78, 5) is 0. The second-order valence-corrected chi connectivity index (χ2v) is 6.02. The van der Waals surface area contributed by atoms with Gasteiger partial charge in [0.25, 0.3) is 0 Å². The van der Waals surface area contributed by atoms with Gasteiger partial charge in [0.2, 0.25) is 0 Å². The van der Waals surface area contributed by atoms with Crippen molar-refractivity contribution in [3.63, 3.8) is 0 Å². The molecule has 0 aliphatic rings. The third-order valence-corrected chi connectivity index (χ3v) is 2.08. The normalized spacial score (nSPS) is 10.9. The second kappa shape index (κ2) is 7.27. The van der Waals surface area contributed by atoms with E-state index in [0.717, 1.165) is 11.4 Å². The molecule has 100 valence electrons. The molecule has 0 spiro atoms. The van der Waals surface area contributed by atoms with E-state index in [1.807, 2.05) is 0 Å². The zero-order chi connectivity index (χ0) is 13.0. The van der Waals surface area contributed by atoms with Gasteiger partial charge in [-0.05, 0) is 5.41 Å². The first kappa shape index (κ1) is 19.1. The molecule has 0 fully saturated rings. The van der Waals surface area contributed by atoms with E-state index in [9.17, 15) is 0 Å². The summed E-state index contributed by atoms with van der Waals surface area (Å²) < 4.78 is 17.0. The minimum atomic E-state index is -2.03. The molecule has 1 aromatic rings. The van der Waals surface area contributed by atoms with Crippen LogP contribution in [0, 0.1) is 0 Å². The van der Waals surface area contributed by atoms with Gasteiger partial charge in [-0.15, -0.1) is 18.1 Å². The zero-order valence-corrected chi connectivity index (χ0v) is 13.9. The molecular formula is C11H20ClMoN2O2-. The van der Waals surface area contributed by atoms with Crippen LogP contribution in [-0.2, 0) is 36.1 Å². The van der Waals surface area contributed by atoms with Crippen LogP contribution in [0.2, 0.25) is 0 Å². The minimum absolute atomic E-state index is 0. The fraction of sp³-hybridized carbons (Fsp3) is 0.727. The van der Waals surface area contributed by atoms with Gasteiger partial charge < -0.3 is 10.2 Å². The van der Waals surface area contributed by atoms with Crippen LogP contribution in [0.25, 0.3) is 0 Å². The van der Waals surface area contributed by atoms with Gasteiger partial charge in [-0.25, -0.2) is 0 Å². The van der Waals surface area contributed by atoms with E-state index in [-0.39, 0.29) is 23.2 Å². The monoisotopic (exact) mass is 345 g/mol. The van der Waals surface area contributed by atoms with Crippen molar-refractivity contribution >= 4 is 12.4 Å². The standard InChI is InChI=1S/C11H19N2.ClH.Mo.2O/c1-10(2,3)8-7-9(13-12-8)11(4,5)6;;;;/h7H,1-6H3;1H;;;/q-1;;;;. The van der Waals surface area contributed by atoms with Crippen molar-refractivity contribution in [2.45, 2.75) is 52.4 Å². The molecule has 1 heterocycles. The van der Waals surface area contributed by atoms with Crippen molar-refractivity contribution in [2.24, 2.45) is 0 Å². The molecule has 0 unspecified atom stereocenters. The number of aromatic nitrogens is 2. The quantitative estimate of drug-likeness (QED) is 0.680. The Morgan fingerprint density at radius 3 is 1.65 bits per heavy atom. The molecule has 4 nitrogen and oxygen atoms in total. The van der Waals surface area contributed by atoms with Crippen molar-refractivity contribution in [2.75, 3.05) is 0 Å². The van der Waals surface area contributed by atoms with Gasteiger partial charge in [0.15, 0.2) is 0 Å². The zero-order valence-electron chi connectivity index (χ0n) is 11.1. The third kappa shape index (κ3) is 6.95. The van der Waals surface area contributed by atoms with Crippen LogP contribution in [0.5, 0.6) is 0 Å². The molecule has 0 atom stereocenters. The topological polar surface area (TPSA) is 61.1 Å². The summed E-state index contributed by atoms with van der Waals surface area (Å²) in [5, 5.41) is 8.41. The Labute approximate surface area is 118 Å². The maximum atomic E-state index is 8.50. The number of hydrogen-bond donors (Lipinski definition) is 0. The fourth-order valence-corrected chi connectivity index (χ4v) is 1.03. The van der Waals surface area contributed by atoms with Crippen LogP contribution >= 0.6 is 12.4 Å². The maximum absolute atomic E-state index is 8.50. The average molecular weight is 344 g/mol. The first-order valence-electron chi connectivity index (χ1n) is 5.06. The molecule has 6 heteroatoms. The van der Waals surface area contributed by atoms with Gasteiger partial charge in [0.05, 0.1) is 0 Å². The Balaban J connectivity index is 0. The van der Waals surface area contributed by atoms with Gasteiger partial charge in [-0.3, -0.25) is 0 Å². The van der Waals surface area contributed by atoms with Crippen LogP contribution in [0.1, 0.15) is 52.9 Å². The Morgan fingerprint density at radius 2 is 1.47 bits per heavy atom. The Hall–Kier alpha value is -0.212. The average Bonchev–Trinajstić information content (AvgIpc) is 2.49. The predicted molar refractivity (Wildman–Crippen MR) is 63.6 cm³/mol. The second-order valence-electron chi connectivity index (χ2n) is 5.68. The molecule has 0 aliphatic carbocycles. The Bertz CT molecular complexity index is 343. The third-order valence-electron chi connectivity index (χ3n) is 2.08. The van der Waals surface area contributed by atoms with E-state index in [0.29, 0.717) is 0 Å². The number of rotatable bonds is 0. The molecule has 0 amide bonds. The molecule has 1 rings (SSSR count). The van der Waals surface area contributed by atoms with Gasteiger partial charge >= 0.3 is 25.3 Å². The number of hydrogen-bond acceptors (Lipinski definition) is 3. The summed E-state index contributed by atoms with van der Waals surface area (Å²) in [5.74, 6) is 0. The van der Waals surface area contributed by atoms with Gasteiger partial charge in [0, 0.05) is 11.1 Å². The number of halogens is 1. The summed E-state index contributed by atoms with van der Waals surface area (Å²) in [5.41, 5.74) is 2.38. The summed E-state index contributed by atoms with van der Waals surface area (Å²) in [7, 11) is 0. The summed E-state index contributed by atoms with van der Waals surface area (Å²) in [6, 6.07) is 2.11. The molecule has 0 N–H and O–H groups in total. The van der Waals surface area contributed by atoms with Gasteiger partial charge in [-0.1, -0.05) is 47.6 Å². The summed E-state index contributed by atoms with van der Waals surface area (Å²) in [6.07, 6.45) is 0. The van der Waals surface area contributed by atoms with E-state index in [1.54, 1.807) is 0 Å². The number of nitrogens with zero attached hydrogens (tertiary/aromatic N) is 2. The molecule has 0 saturated heterocycles. The fourth-order valence-electron chi connectivity index (χ4n) is 1.03. The van der Waals surface area contributed by atoms with Crippen LogP contribution in [0.3, 0.4) is 0 Å². The summed E-state index contributed by atoms with van der Waals surface area (Å²) >= 11 is -2.03. The van der Waals surface area contributed by atoms with E-state index in [1.165, 1.54) is 0 Å². The predicted octanol–water partition coefficient (Wildman–Crippen LogP) is 2.82. The SMILES string of the molecule is CC(C)(C)c1cc(C(C)(C)C)[n-]n1.Cl.[O]=[Mo]=[O]. The van der Waals surface area contributed by atoms with Crippen LogP contribution in [0.4, 0.5) is 0 Å². The van der Waals surface area contributed by atoms with Crippen molar-refractivity contribution in [1.29, 1.82) is 0 Å². The molecule has 0 aliphatic heterocycles. The van der Waals surface area contributed by atoms with E-state index >= 15 is 0 Å². The van der Waals surface area contributed by atoms with E-state index < -0.39 is 18.5 Å². The summed E-state index contributed by atoms with van der Waals surface area (Å²) in [6.45, 7) is 12.9. The Kier molecular flexibility index (Phi) is 8.19. The van der Waals surface area contributed by atoms with Crippen molar-refractivity contribution in [3.8, 4) is 0 Å². The van der Waals surface area contributed by atoms with Gasteiger partial charge in [-0.2, -0.15) is 0 Å². The van der Waals surface area contributed by atoms with Crippen LogP contribution in [0.15, 0.2) is 6.07 Å². The van der Waals surface area contributed by atoms with E-state index in [2.05, 4.69) is 57.8 Å². The first-order chi connectivity index (χ1) is 7.12. The van der Waals surface area contributed by atoms with Crippen LogP contribution < -0.4 is 5.10 Å². The van der Waals surface area contributed by atoms with Crippen molar-refractivity contribution in [3.05, 3.63) is 17.5 Å². The Morgan fingerprint density at radius 1 is 1.06 bits per heavy atom. The molecule has 0 bridgehead atoms. The van der Waals surface area contributed by atoms with Crippen LogP contribution in [-0.4, -0.2) is 5.10 Å². The molecule has 0 aromatic carbocycles. The first-order valence-corrected chi connectivity index (χ1v) is 6.70. The molecular weight excluding hydrogens is 324 g/mol. The molecule has 0 saturated carbocycles. The molecule has 1 aromatic heterocycles. The molecule has 0 radical (unpaired) electrons. The van der Waals surface area contributed by atoms with Gasteiger partial charge in [0.1, 0.15) is 0 Å². The molecule has 17 heavy (non-hydrogen) atoms.